The SMILES string of the molecule is COc1ccc(OC(F)(F)F)cc1C1(O)CCC1. The molecule has 0 unspecified atom stereocenters. The molecule has 1 aromatic carbocycles. The van der Waals surface area contributed by atoms with Crippen molar-refractivity contribution in [3.63, 3.8) is 0 Å². The zero-order valence-corrected chi connectivity index (χ0v) is 9.75. The minimum Gasteiger partial charge on any atom is -0.496 e. The molecule has 0 aliphatic heterocycles. The van der Waals surface area contributed by atoms with Crippen LogP contribution in [0.2, 0.25) is 0 Å². The highest BCUT2D eigenvalue weighted by molar-refractivity contribution is 5.44. The predicted molar refractivity (Wildman–Crippen MR) is 57.4 cm³/mol. The summed E-state index contributed by atoms with van der Waals surface area (Å²) in [5.41, 5.74) is -0.756. The minimum absolute atomic E-state index is 0.345. The Morgan fingerprint density at radius 2 is 1.94 bits per heavy atom. The van der Waals surface area contributed by atoms with E-state index in [4.69, 9.17) is 4.74 Å². The van der Waals surface area contributed by atoms with Crippen LogP contribution in [-0.2, 0) is 5.60 Å². The van der Waals surface area contributed by atoms with Crippen LogP contribution in [0.3, 0.4) is 0 Å². The van der Waals surface area contributed by atoms with Gasteiger partial charge in [-0.05, 0) is 37.5 Å². The maximum absolute atomic E-state index is 12.1. The number of benzene rings is 1. The fraction of sp³-hybridized carbons (Fsp3) is 0.500. The monoisotopic (exact) mass is 262 g/mol. The van der Waals surface area contributed by atoms with Gasteiger partial charge in [0.05, 0.1) is 12.7 Å². The van der Waals surface area contributed by atoms with Crippen LogP contribution < -0.4 is 9.47 Å². The lowest BCUT2D eigenvalue weighted by atomic mass is 9.75. The molecule has 1 aliphatic rings. The Kier molecular flexibility index (Phi) is 3.14. The Labute approximate surface area is 102 Å². The highest BCUT2D eigenvalue weighted by Crippen LogP contribution is 2.46. The number of hydrogen-bond acceptors (Lipinski definition) is 3. The van der Waals surface area contributed by atoms with E-state index in [1.54, 1.807) is 0 Å². The summed E-state index contributed by atoms with van der Waals surface area (Å²) in [6.07, 6.45) is -2.88. The zero-order valence-electron chi connectivity index (χ0n) is 9.75. The van der Waals surface area contributed by atoms with E-state index in [0.717, 1.165) is 12.5 Å². The quantitative estimate of drug-likeness (QED) is 0.910. The van der Waals surface area contributed by atoms with E-state index >= 15 is 0 Å². The number of hydrogen-bond donors (Lipinski definition) is 1. The summed E-state index contributed by atoms with van der Waals surface area (Å²) in [5, 5.41) is 10.2. The fourth-order valence-electron chi connectivity index (χ4n) is 2.03. The number of methoxy groups -OCH3 is 1. The molecule has 6 heteroatoms. The minimum atomic E-state index is -4.74. The van der Waals surface area contributed by atoms with Crippen LogP contribution in [-0.4, -0.2) is 18.6 Å². The second kappa shape index (κ2) is 4.35. The van der Waals surface area contributed by atoms with Gasteiger partial charge in [-0.3, -0.25) is 0 Å². The van der Waals surface area contributed by atoms with Gasteiger partial charge in [0.25, 0.3) is 0 Å². The summed E-state index contributed by atoms with van der Waals surface area (Å²) < 4.78 is 45.3. The van der Waals surface area contributed by atoms with Crippen LogP contribution in [0.1, 0.15) is 24.8 Å². The van der Waals surface area contributed by atoms with E-state index in [1.165, 1.54) is 19.2 Å². The standard InChI is InChI=1S/C12H13F3O3/c1-17-10-4-3-8(18-12(13,14)15)7-9(10)11(16)5-2-6-11/h3-4,7,16H,2,5-6H2,1H3. The second-order valence-electron chi connectivity index (χ2n) is 4.30. The highest BCUT2D eigenvalue weighted by atomic mass is 19.4. The number of alkyl halides is 3. The Morgan fingerprint density at radius 3 is 2.39 bits per heavy atom. The molecule has 0 bridgehead atoms. The average Bonchev–Trinajstić information content (AvgIpc) is 2.23. The van der Waals surface area contributed by atoms with Crippen molar-refractivity contribution in [1.82, 2.24) is 0 Å². The van der Waals surface area contributed by atoms with Crippen molar-refractivity contribution in [2.24, 2.45) is 0 Å². The molecule has 100 valence electrons. The first kappa shape index (κ1) is 13.0. The fourth-order valence-corrected chi connectivity index (χ4v) is 2.03. The third kappa shape index (κ3) is 2.53. The molecule has 0 radical (unpaired) electrons. The molecule has 1 fully saturated rings. The summed E-state index contributed by atoms with van der Waals surface area (Å²) in [5.74, 6) is 0.0188. The van der Waals surface area contributed by atoms with Gasteiger partial charge >= 0.3 is 6.36 Å². The summed E-state index contributed by atoms with van der Waals surface area (Å²) >= 11 is 0. The van der Waals surface area contributed by atoms with Crippen LogP contribution in [0.15, 0.2) is 18.2 Å². The van der Waals surface area contributed by atoms with Crippen molar-refractivity contribution in [2.45, 2.75) is 31.2 Å². The number of rotatable bonds is 3. The van der Waals surface area contributed by atoms with E-state index in [0.29, 0.717) is 24.2 Å². The molecule has 2 rings (SSSR count). The number of halogens is 3. The second-order valence-corrected chi connectivity index (χ2v) is 4.30. The van der Waals surface area contributed by atoms with Gasteiger partial charge in [0.2, 0.25) is 0 Å². The molecule has 18 heavy (non-hydrogen) atoms. The van der Waals surface area contributed by atoms with Crippen molar-refractivity contribution in [1.29, 1.82) is 0 Å². The van der Waals surface area contributed by atoms with Gasteiger partial charge < -0.3 is 14.6 Å². The number of aliphatic hydroxyl groups is 1. The van der Waals surface area contributed by atoms with Crippen molar-refractivity contribution in [2.75, 3.05) is 7.11 Å². The van der Waals surface area contributed by atoms with E-state index in [9.17, 15) is 18.3 Å². The van der Waals surface area contributed by atoms with Crippen LogP contribution in [0, 0.1) is 0 Å². The van der Waals surface area contributed by atoms with Gasteiger partial charge in [0.1, 0.15) is 11.5 Å². The Morgan fingerprint density at radius 1 is 1.28 bits per heavy atom. The summed E-state index contributed by atoms with van der Waals surface area (Å²) in [4.78, 5) is 0. The van der Waals surface area contributed by atoms with E-state index in [1.807, 2.05) is 0 Å². The number of ether oxygens (including phenoxy) is 2. The lowest BCUT2D eigenvalue weighted by molar-refractivity contribution is -0.274. The molecule has 1 saturated carbocycles. The zero-order chi connectivity index (χ0) is 13.4. The first-order chi connectivity index (χ1) is 8.34. The summed E-state index contributed by atoms with van der Waals surface area (Å²) in [6, 6.07) is 3.72. The maximum atomic E-state index is 12.1. The lowest BCUT2D eigenvalue weighted by Crippen LogP contribution is -2.34. The van der Waals surface area contributed by atoms with Gasteiger partial charge in [0.15, 0.2) is 0 Å². The van der Waals surface area contributed by atoms with Crippen molar-refractivity contribution in [3.8, 4) is 11.5 Å². The van der Waals surface area contributed by atoms with Crippen LogP contribution in [0.4, 0.5) is 13.2 Å². The van der Waals surface area contributed by atoms with Crippen molar-refractivity contribution >= 4 is 0 Å². The topological polar surface area (TPSA) is 38.7 Å². The summed E-state index contributed by atoms with van der Waals surface area (Å²) in [7, 11) is 1.41. The third-order valence-corrected chi connectivity index (χ3v) is 3.09. The predicted octanol–water partition coefficient (Wildman–Crippen LogP) is 2.97. The molecule has 1 N–H and O–H groups in total. The largest absolute Gasteiger partial charge is 0.573 e. The Balaban J connectivity index is 2.33. The Hall–Kier alpha value is -1.43. The molecule has 0 aromatic heterocycles. The Bertz CT molecular complexity index is 439. The average molecular weight is 262 g/mol. The van der Waals surface area contributed by atoms with E-state index in [2.05, 4.69) is 4.74 Å². The molecule has 1 aromatic rings. The van der Waals surface area contributed by atoms with E-state index in [-0.39, 0.29) is 5.75 Å². The third-order valence-electron chi connectivity index (χ3n) is 3.09. The normalized spacial score (nSPS) is 18.1. The van der Waals surface area contributed by atoms with Crippen molar-refractivity contribution in [3.05, 3.63) is 23.8 Å². The molecular weight excluding hydrogens is 249 g/mol. The molecular formula is C12H13F3O3. The molecule has 0 atom stereocenters. The summed E-state index contributed by atoms with van der Waals surface area (Å²) in [6.45, 7) is 0. The van der Waals surface area contributed by atoms with Crippen molar-refractivity contribution < 1.29 is 27.8 Å². The van der Waals surface area contributed by atoms with Gasteiger partial charge in [-0.1, -0.05) is 0 Å². The molecule has 0 saturated heterocycles. The van der Waals surface area contributed by atoms with E-state index < -0.39 is 12.0 Å². The molecule has 0 amide bonds. The van der Waals surface area contributed by atoms with Crippen LogP contribution >= 0.6 is 0 Å². The highest BCUT2D eigenvalue weighted by Gasteiger charge is 2.39. The first-order valence-corrected chi connectivity index (χ1v) is 5.51. The molecule has 1 aliphatic carbocycles. The van der Waals surface area contributed by atoms with Crippen LogP contribution in [0.25, 0.3) is 0 Å². The molecule has 3 nitrogen and oxygen atoms in total. The lowest BCUT2D eigenvalue weighted by Gasteiger charge is -2.38. The van der Waals surface area contributed by atoms with Gasteiger partial charge in [-0.2, -0.15) is 0 Å². The molecule has 0 heterocycles. The maximum Gasteiger partial charge on any atom is 0.573 e. The smallest absolute Gasteiger partial charge is 0.496 e. The van der Waals surface area contributed by atoms with Gasteiger partial charge in [-0.25, -0.2) is 0 Å². The first-order valence-electron chi connectivity index (χ1n) is 5.51. The van der Waals surface area contributed by atoms with Gasteiger partial charge in [-0.15, -0.1) is 13.2 Å². The van der Waals surface area contributed by atoms with Gasteiger partial charge in [0, 0.05) is 5.56 Å². The van der Waals surface area contributed by atoms with Crippen LogP contribution in [0.5, 0.6) is 11.5 Å². The molecule has 0 spiro atoms.